The number of rotatable bonds is 5. The highest BCUT2D eigenvalue weighted by atomic mass is 35.5. The van der Waals surface area contributed by atoms with E-state index in [2.05, 4.69) is 5.32 Å². The fourth-order valence-corrected chi connectivity index (χ4v) is 2.45. The normalized spacial score (nSPS) is 22.4. The van der Waals surface area contributed by atoms with E-state index in [0.717, 1.165) is 5.56 Å². The minimum Gasteiger partial charge on any atom is -0.481 e. The first-order valence-corrected chi connectivity index (χ1v) is 7.06. The van der Waals surface area contributed by atoms with Gasteiger partial charge in [0, 0.05) is 5.02 Å². The van der Waals surface area contributed by atoms with E-state index in [1.54, 1.807) is 12.1 Å². The zero-order chi connectivity index (χ0) is 14.9. The van der Waals surface area contributed by atoms with Crippen molar-refractivity contribution in [3.05, 3.63) is 34.9 Å². The molecule has 0 heterocycles. The molecule has 1 aliphatic rings. The van der Waals surface area contributed by atoms with Crippen LogP contribution in [0.3, 0.4) is 0 Å². The molecular formula is C15H18ClNO3. The molecule has 1 aliphatic carbocycles. The molecule has 3 unspecified atom stereocenters. The van der Waals surface area contributed by atoms with Crippen LogP contribution < -0.4 is 5.32 Å². The van der Waals surface area contributed by atoms with Gasteiger partial charge in [-0.1, -0.05) is 37.6 Å². The van der Waals surface area contributed by atoms with E-state index in [1.165, 1.54) is 0 Å². The summed E-state index contributed by atoms with van der Waals surface area (Å²) in [5.74, 6) is -1.76. The number of carboxylic acid groups (broad SMARTS) is 1. The fraction of sp³-hybridized carbons (Fsp3) is 0.467. The Morgan fingerprint density at radius 1 is 1.25 bits per heavy atom. The van der Waals surface area contributed by atoms with Gasteiger partial charge in [-0.05, 0) is 30.0 Å². The SMILES string of the molecule is CC(C)C(NC(=O)C1CC1C(=O)O)c1ccc(Cl)cc1. The molecule has 1 saturated carbocycles. The van der Waals surface area contributed by atoms with Crippen molar-refractivity contribution >= 4 is 23.5 Å². The summed E-state index contributed by atoms with van der Waals surface area (Å²) in [4.78, 5) is 22.9. The molecular weight excluding hydrogens is 278 g/mol. The van der Waals surface area contributed by atoms with Gasteiger partial charge in [0.25, 0.3) is 0 Å². The highest BCUT2D eigenvalue weighted by molar-refractivity contribution is 6.30. The Morgan fingerprint density at radius 3 is 2.30 bits per heavy atom. The fourth-order valence-electron chi connectivity index (χ4n) is 2.32. The van der Waals surface area contributed by atoms with E-state index in [-0.39, 0.29) is 23.8 Å². The summed E-state index contributed by atoms with van der Waals surface area (Å²) in [5, 5.41) is 12.5. The van der Waals surface area contributed by atoms with Crippen LogP contribution in [0.2, 0.25) is 5.02 Å². The molecule has 1 aromatic carbocycles. The molecule has 1 amide bonds. The van der Waals surface area contributed by atoms with E-state index in [4.69, 9.17) is 16.7 Å². The number of carbonyl (C=O) groups excluding carboxylic acids is 1. The number of hydrogen-bond donors (Lipinski definition) is 2. The van der Waals surface area contributed by atoms with Crippen LogP contribution >= 0.6 is 11.6 Å². The van der Waals surface area contributed by atoms with Crippen molar-refractivity contribution in [1.82, 2.24) is 5.32 Å². The zero-order valence-electron chi connectivity index (χ0n) is 11.5. The average Bonchev–Trinajstić information content (AvgIpc) is 3.17. The summed E-state index contributed by atoms with van der Waals surface area (Å²) in [5.41, 5.74) is 0.977. The summed E-state index contributed by atoms with van der Waals surface area (Å²) in [6.45, 7) is 4.03. The monoisotopic (exact) mass is 295 g/mol. The third-order valence-electron chi connectivity index (χ3n) is 3.64. The van der Waals surface area contributed by atoms with Crippen molar-refractivity contribution in [3.63, 3.8) is 0 Å². The number of nitrogens with one attached hydrogen (secondary N) is 1. The van der Waals surface area contributed by atoms with Crippen LogP contribution in [-0.4, -0.2) is 17.0 Å². The zero-order valence-corrected chi connectivity index (χ0v) is 12.2. The summed E-state index contributed by atoms with van der Waals surface area (Å²) in [6, 6.07) is 7.21. The maximum absolute atomic E-state index is 12.1. The van der Waals surface area contributed by atoms with Gasteiger partial charge < -0.3 is 10.4 Å². The molecule has 4 nitrogen and oxygen atoms in total. The molecule has 20 heavy (non-hydrogen) atoms. The van der Waals surface area contributed by atoms with Gasteiger partial charge in [-0.25, -0.2) is 0 Å². The number of halogens is 1. The predicted octanol–water partition coefficient (Wildman–Crippen LogP) is 2.87. The molecule has 0 saturated heterocycles. The largest absolute Gasteiger partial charge is 0.481 e. The average molecular weight is 296 g/mol. The Kier molecular flexibility index (Phi) is 4.33. The third kappa shape index (κ3) is 3.31. The van der Waals surface area contributed by atoms with Gasteiger partial charge in [0.15, 0.2) is 0 Å². The van der Waals surface area contributed by atoms with Crippen LogP contribution in [-0.2, 0) is 9.59 Å². The smallest absolute Gasteiger partial charge is 0.307 e. The second-order valence-electron chi connectivity index (χ2n) is 5.57. The van der Waals surface area contributed by atoms with Gasteiger partial charge in [0.05, 0.1) is 17.9 Å². The molecule has 0 spiro atoms. The van der Waals surface area contributed by atoms with E-state index in [9.17, 15) is 9.59 Å². The van der Waals surface area contributed by atoms with Crippen LogP contribution in [0.15, 0.2) is 24.3 Å². The first-order valence-electron chi connectivity index (χ1n) is 6.68. The van der Waals surface area contributed by atoms with E-state index in [1.807, 2.05) is 26.0 Å². The van der Waals surface area contributed by atoms with Crippen molar-refractivity contribution < 1.29 is 14.7 Å². The van der Waals surface area contributed by atoms with Gasteiger partial charge in [-0.15, -0.1) is 0 Å². The third-order valence-corrected chi connectivity index (χ3v) is 3.89. The lowest BCUT2D eigenvalue weighted by Gasteiger charge is -2.23. The van der Waals surface area contributed by atoms with Gasteiger partial charge in [-0.3, -0.25) is 9.59 Å². The summed E-state index contributed by atoms with van der Waals surface area (Å²) < 4.78 is 0. The maximum Gasteiger partial charge on any atom is 0.307 e. The van der Waals surface area contributed by atoms with Gasteiger partial charge in [-0.2, -0.15) is 0 Å². The number of carboxylic acids is 1. The standard InChI is InChI=1S/C15H18ClNO3/c1-8(2)13(9-3-5-10(16)6-4-9)17-14(18)11-7-12(11)15(19)20/h3-6,8,11-13H,7H2,1-2H3,(H,17,18)(H,19,20). The summed E-state index contributed by atoms with van der Waals surface area (Å²) >= 11 is 5.86. The lowest BCUT2D eigenvalue weighted by molar-refractivity contribution is -0.140. The molecule has 1 fully saturated rings. The number of aliphatic carboxylic acids is 1. The molecule has 2 rings (SSSR count). The Hall–Kier alpha value is -1.55. The molecule has 0 aliphatic heterocycles. The number of amides is 1. The topological polar surface area (TPSA) is 66.4 Å². The Balaban J connectivity index is 2.05. The lowest BCUT2D eigenvalue weighted by atomic mass is 9.96. The van der Waals surface area contributed by atoms with E-state index >= 15 is 0 Å². The highest BCUT2D eigenvalue weighted by Crippen LogP contribution is 2.39. The number of carbonyl (C=O) groups is 2. The Morgan fingerprint density at radius 2 is 1.85 bits per heavy atom. The number of hydrogen-bond acceptors (Lipinski definition) is 2. The van der Waals surface area contributed by atoms with Gasteiger partial charge in [0.1, 0.15) is 0 Å². The molecule has 2 N–H and O–H groups in total. The molecule has 1 aromatic rings. The number of benzene rings is 1. The van der Waals surface area contributed by atoms with Crippen LogP contribution in [0.25, 0.3) is 0 Å². The molecule has 5 heteroatoms. The second-order valence-corrected chi connectivity index (χ2v) is 6.01. The molecule has 0 radical (unpaired) electrons. The van der Waals surface area contributed by atoms with Crippen LogP contribution in [0.1, 0.15) is 31.9 Å². The van der Waals surface area contributed by atoms with Crippen molar-refractivity contribution in [2.45, 2.75) is 26.3 Å². The van der Waals surface area contributed by atoms with Gasteiger partial charge >= 0.3 is 5.97 Å². The lowest BCUT2D eigenvalue weighted by Crippen LogP contribution is -2.33. The van der Waals surface area contributed by atoms with Crippen LogP contribution in [0, 0.1) is 17.8 Å². The quantitative estimate of drug-likeness (QED) is 0.878. The van der Waals surface area contributed by atoms with Crippen LogP contribution in [0.5, 0.6) is 0 Å². The highest BCUT2D eigenvalue weighted by Gasteiger charge is 2.48. The minimum absolute atomic E-state index is 0.130. The molecule has 108 valence electrons. The second kappa shape index (κ2) is 5.83. The minimum atomic E-state index is -0.891. The summed E-state index contributed by atoms with van der Waals surface area (Å²) in [7, 11) is 0. The predicted molar refractivity (Wildman–Crippen MR) is 76.4 cm³/mol. The van der Waals surface area contributed by atoms with Crippen molar-refractivity contribution in [1.29, 1.82) is 0 Å². The van der Waals surface area contributed by atoms with Crippen molar-refractivity contribution in [2.75, 3.05) is 0 Å². The van der Waals surface area contributed by atoms with E-state index < -0.39 is 11.9 Å². The Labute approximate surface area is 123 Å². The summed E-state index contributed by atoms with van der Waals surface area (Å²) in [6.07, 6.45) is 0.437. The first kappa shape index (κ1) is 14.9. The first-order chi connectivity index (χ1) is 9.40. The van der Waals surface area contributed by atoms with Gasteiger partial charge in [0.2, 0.25) is 5.91 Å². The molecule has 0 bridgehead atoms. The molecule has 3 atom stereocenters. The van der Waals surface area contributed by atoms with E-state index in [0.29, 0.717) is 11.4 Å². The molecule has 0 aromatic heterocycles. The maximum atomic E-state index is 12.1. The Bertz CT molecular complexity index is 512. The van der Waals surface area contributed by atoms with Crippen LogP contribution in [0.4, 0.5) is 0 Å². The van der Waals surface area contributed by atoms with Crippen molar-refractivity contribution in [3.8, 4) is 0 Å². The van der Waals surface area contributed by atoms with Crippen molar-refractivity contribution in [2.24, 2.45) is 17.8 Å².